The molecule has 0 bridgehead atoms. The number of halogens is 2. The smallest absolute Gasteiger partial charge is 0.224 e. The number of rotatable bonds is 6. The first-order valence-corrected chi connectivity index (χ1v) is 7.29. The molecule has 0 unspecified atom stereocenters. The van der Waals surface area contributed by atoms with E-state index >= 15 is 0 Å². The average Bonchev–Trinajstić information content (AvgIpc) is 2.48. The number of hydrogen-bond donors (Lipinski definition) is 1. The molecule has 0 aliphatic rings. The molecule has 0 heterocycles. The molecule has 110 valence electrons. The van der Waals surface area contributed by atoms with E-state index in [4.69, 9.17) is 27.9 Å². The molecule has 0 atom stereocenters. The number of nitrogens with one attached hydrogen (secondary N) is 1. The summed E-state index contributed by atoms with van der Waals surface area (Å²) in [6.07, 6.45) is 0.224. The number of ether oxygens (including phenoxy) is 1. The van der Waals surface area contributed by atoms with Crippen LogP contribution in [0.25, 0.3) is 0 Å². The van der Waals surface area contributed by atoms with E-state index < -0.39 is 0 Å². The van der Waals surface area contributed by atoms with Crippen molar-refractivity contribution in [3.63, 3.8) is 0 Å². The Kier molecular flexibility index (Phi) is 5.90. The van der Waals surface area contributed by atoms with E-state index in [0.29, 0.717) is 23.2 Å². The summed E-state index contributed by atoms with van der Waals surface area (Å²) in [7, 11) is 0. The Balaban J connectivity index is 1.72. The second-order valence-corrected chi connectivity index (χ2v) is 5.27. The van der Waals surface area contributed by atoms with E-state index in [0.717, 1.165) is 11.3 Å². The summed E-state index contributed by atoms with van der Waals surface area (Å²) >= 11 is 11.8. The summed E-state index contributed by atoms with van der Waals surface area (Å²) in [4.78, 5) is 11.8. The van der Waals surface area contributed by atoms with Gasteiger partial charge in [-0.05, 0) is 29.8 Å². The fourth-order valence-corrected chi connectivity index (χ4v) is 2.25. The highest BCUT2D eigenvalue weighted by atomic mass is 35.5. The van der Waals surface area contributed by atoms with Crippen LogP contribution in [0.5, 0.6) is 5.75 Å². The van der Waals surface area contributed by atoms with Gasteiger partial charge < -0.3 is 10.1 Å². The minimum atomic E-state index is -0.101. The maximum Gasteiger partial charge on any atom is 0.224 e. The first-order valence-electron chi connectivity index (χ1n) is 6.53. The lowest BCUT2D eigenvalue weighted by atomic mass is 10.1. The van der Waals surface area contributed by atoms with E-state index in [1.165, 1.54) is 0 Å². The number of para-hydroxylation sites is 1. The second kappa shape index (κ2) is 7.91. The van der Waals surface area contributed by atoms with Crippen molar-refractivity contribution in [1.82, 2.24) is 5.32 Å². The minimum absolute atomic E-state index is 0.101. The zero-order valence-electron chi connectivity index (χ0n) is 11.3. The molecule has 1 N–H and O–H groups in total. The maximum atomic E-state index is 11.8. The Labute approximate surface area is 133 Å². The Morgan fingerprint density at radius 1 is 1.10 bits per heavy atom. The number of benzene rings is 2. The van der Waals surface area contributed by atoms with Gasteiger partial charge in [0.25, 0.3) is 0 Å². The molecule has 0 radical (unpaired) electrons. The Morgan fingerprint density at radius 3 is 2.57 bits per heavy atom. The summed E-state index contributed by atoms with van der Waals surface area (Å²) < 4.78 is 5.49. The average molecular weight is 324 g/mol. The van der Waals surface area contributed by atoms with Gasteiger partial charge >= 0.3 is 0 Å². The first kappa shape index (κ1) is 15.7. The van der Waals surface area contributed by atoms with Gasteiger partial charge in [0.15, 0.2) is 0 Å². The normalized spacial score (nSPS) is 10.2. The molecule has 0 aliphatic carbocycles. The van der Waals surface area contributed by atoms with E-state index in [1.54, 1.807) is 18.2 Å². The maximum absolute atomic E-state index is 11.8. The van der Waals surface area contributed by atoms with Crippen molar-refractivity contribution < 1.29 is 9.53 Å². The lowest BCUT2D eigenvalue weighted by Gasteiger charge is -2.08. The molecule has 0 saturated carbocycles. The number of carbonyl (C=O) groups is 1. The zero-order chi connectivity index (χ0) is 15.1. The summed E-state index contributed by atoms with van der Waals surface area (Å²) in [6, 6.07) is 14.6. The van der Waals surface area contributed by atoms with Gasteiger partial charge in [-0.15, -0.1) is 0 Å². The standard InChI is InChI=1S/C16H15Cl2NO2/c17-13-7-6-12(15(18)11-13)10-16(20)19-8-9-21-14-4-2-1-3-5-14/h1-7,11H,8-10H2,(H,19,20). The van der Waals surface area contributed by atoms with Crippen LogP contribution in [0, 0.1) is 0 Å². The quantitative estimate of drug-likeness (QED) is 0.822. The first-order chi connectivity index (χ1) is 10.1. The summed E-state index contributed by atoms with van der Waals surface area (Å²) in [5.74, 6) is 0.684. The van der Waals surface area contributed by atoms with Crippen molar-refractivity contribution in [3.05, 3.63) is 64.1 Å². The predicted octanol–water partition coefficient (Wildman–Crippen LogP) is 3.73. The van der Waals surface area contributed by atoms with Crippen LogP contribution in [0.15, 0.2) is 48.5 Å². The fourth-order valence-electron chi connectivity index (χ4n) is 1.78. The number of hydrogen-bond acceptors (Lipinski definition) is 2. The van der Waals surface area contributed by atoms with E-state index in [-0.39, 0.29) is 12.3 Å². The zero-order valence-corrected chi connectivity index (χ0v) is 12.8. The molecule has 1 amide bonds. The van der Waals surface area contributed by atoms with Crippen molar-refractivity contribution in [3.8, 4) is 5.75 Å². The molecule has 2 rings (SSSR count). The molecule has 0 aromatic heterocycles. The third-order valence-electron chi connectivity index (χ3n) is 2.80. The van der Waals surface area contributed by atoms with Gasteiger partial charge in [0.05, 0.1) is 13.0 Å². The lowest BCUT2D eigenvalue weighted by molar-refractivity contribution is -0.120. The molecule has 0 saturated heterocycles. The molecule has 2 aromatic carbocycles. The van der Waals surface area contributed by atoms with Gasteiger partial charge in [0.1, 0.15) is 12.4 Å². The number of amides is 1. The van der Waals surface area contributed by atoms with Gasteiger partial charge in [0, 0.05) is 10.0 Å². The van der Waals surface area contributed by atoms with Crippen molar-refractivity contribution in [2.75, 3.05) is 13.2 Å². The minimum Gasteiger partial charge on any atom is -0.492 e. The van der Waals surface area contributed by atoms with Crippen LogP contribution in [0.1, 0.15) is 5.56 Å². The van der Waals surface area contributed by atoms with Crippen molar-refractivity contribution in [1.29, 1.82) is 0 Å². The van der Waals surface area contributed by atoms with Crippen molar-refractivity contribution in [2.45, 2.75) is 6.42 Å². The largest absolute Gasteiger partial charge is 0.492 e. The SMILES string of the molecule is O=C(Cc1ccc(Cl)cc1Cl)NCCOc1ccccc1. The summed E-state index contributed by atoms with van der Waals surface area (Å²) in [5.41, 5.74) is 0.752. The van der Waals surface area contributed by atoms with Gasteiger partial charge in [-0.2, -0.15) is 0 Å². The number of carbonyl (C=O) groups excluding carboxylic acids is 1. The molecule has 5 heteroatoms. The topological polar surface area (TPSA) is 38.3 Å². The van der Waals surface area contributed by atoms with Crippen molar-refractivity contribution in [2.24, 2.45) is 0 Å². The van der Waals surface area contributed by atoms with Crippen LogP contribution in [0.3, 0.4) is 0 Å². The molecule has 0 fully saturated rings. The van der Waals surface area contributed by atoms with Crippen LogP contribution in [-0.4, -0.2) is 19.1 Å². The molecule has 3 nitrogen and oxygen atoms in total. The molecular formula is C16H15Cl2NO2. The second-order valence-electron chi connectivity index (χ2n) is 4.42. The monoisotopic (exact) mass is 323 g/mol. The summed E-state index contributed by atoms with van der Waals surface area (Å²) in [5, 5.41) is 3.84. The molecular weight excluding hydrogens is 309 g/mol. The molecule has 2 aromatic rings. The van der Waals surface area contributed by atoms with Crippen LogP contribution in [-0.2, 0) is 11.2 Å². The highest BCUT2D eigenvalue weighted by Gasteiger charge is 2.07. The summed E-state index contributed by atoms with van der Waals surface area (Å²) in [6.45, 7) is 0.864. The van der Waals surface area contributed by atoms with Gasteiger partial charge in [-0.25, -0.2) is 0 Å². The van der Waals surface area contributed by atoms with Gasteiger partial charge in [0.2, 0.25) is 5.91 Å². The molecule has 0 aliphatic heterocycles. The van der Waals surface area contributed by atoms with Crippen LogP contribution in [0.4, 0.5) is 0 Å². The van der Waals surface area contributed by atoms with Crippen LogP contribution in [0.2, 0.25) is 10.0 Å². The van der Waals surface area contributed by atoms with Crippen molar-refractivity contribution >= 4 is 29.1 Å². The molecule has 0 spiro atoms. The Morgan fingerprint density at radius 2 is 1.86 bits per heavy atom. The van der Waals surface area contributed by atoms with Crippen LogP contribution < -0.4 is 10.1 Å². The lowest BCUT2D eigenvalue weighted by Crippen LogP contribution is -2.29. The van der Waals surface area contributed by atoms with Crippen LogP contribution >= 0.6 is 23.2 Å². The third kappa shape index (κ3) is 5.29. The predicted molar refractivity (Wildman–Crippen MR) is 85.1 cm³/mol. The molecule has 21 heavy (non-hydrogen) atoms. The van der Waals surface area contributed by atoms with E-state index in [1.807, 2.05) is 30.3 Å². The highest BCUT2D eigenvalue weighted by Crippen LogP contribution is 2.21. The fraction of sp³-hybridized carbons (Fsp3) is 0.188. The third-order valence-corrected chi connectivity index (χ3v) is 3.39. The Hall–Kier alpha value is -1.71. The van der Waals surface area contributed by atoms with E-state index in [2.05, 4.69) is 5.32 Å². The Bertz CT molecular complexity index is 602. The highest BCUT2D eigenvalue weighted by molar-refractivity contribution is 6.35. The van der Waals surface area contributed by atoms with E-state index in [9.17, 15) is 4.79 Å². The van der Waals surface area contributed by atoms with Gasteiger partial charge in [-0.3, -0.25) is 4.79 Å². The van der Waals surface area contributed by atoms with Gasteiger partial charge in [-0.1, -0.05) is 47.5 Å².